The predicted octanol–water partition coefficient (Wildman–Crippen LogP) is 2.33. The lowest BCUT2D eigenvalue weighted by atomic mass is 10.2. The summed E-state index contributed by atoms with van der Waals surface area (Å²) in [6.45, 7) is 6.21. The molecule has 1 fully saturated rings. The van der Waals surface area contributed by atoms with Gasteiger partial charge in [-0.05, 0) is 15.4 Å². The third-order valence-electron chi connectivity index (χ3n) is 7.91. The molecule has 1 aromatic heterocycles. The van der Waals surface area contributed by atoms with E-state index in [-0.39, 0.29) is 30.6 Å². The number of fused-ring (bicyclic) bond motifs is 1. The number of benzene rings is 2. The van der Waals surface area contributed by atoms with Gasteiger partial charge in [-0.25, -0.2) is 9.97 Å². The highest BCUT2D eigenvalue weighted by atomic mass is 28.4. The number of aliphatic hydroxyl groups is 1. The van der Waals surface area contributed by atoms with E-state index in [1.165, 1.54) is 11.2 Å². The van der Waals surface area contributed by atoms with Crippen LogP contribution in [0.3, 0.4) is 0 Å². The van der Waals surface area contributed by atoms with E-state index in [0.717, 1.165) is 10.4 Å². The number of aliphatic hydroxyl groups excluding tert-OH is 1. The van der Waals surface area contributed by atoms with Gasteiger partial charge in [-0.15, -0.1) is 0 Å². The highest BCUT2D eigenvalue weighted by molar-refractivity contribution is 6.99. The molecule has 3 heterocycles. The van der Waals surface area contributed by atoms with Crippen LogP contribution >= 0.6 is 0 Å². The Balaban J connectivity index is 1.35. The summed E-state index contributed by atoms with van der Waals surface area (Å²) in [6.07, 6.45) is -5.62. The quantitative estimate of drug-likeness (QED) is 0.264. The van der Waals surface area contributed by atoms with E-state index in [9.17, 15) is 23.1 Å². The molecule has 3 aromatic rings. The van der Waals surface area contributed by atoms with Crippen LogP contribution in [0.2, 0.25) is 5.04 Å². The maximum atomic E-state index is 12.5. The molecule has 3 atom stereocenters. The van der Waals surface area contributed by atoms with E-state index in [1.807, 2.05) is 36.4 Å². The van der Waals surface area contributed by atoms with Crippen LogP contribution in [-0.2, 0) is 14.0 Å². The van der Waals surface area contributed by atoms with E-state index < -0.39 is 45.4 Å². The number of aromatic nitrogens is 2. The van der Waals surface area contributed by atoms with Gasteiger partial charge in [0.05, 0.1) is 19.3 Å². The minimum atomic E-state index is -5.00. The Morgan fingerprint density at radius 2 is 1.73 bits per heavy atom. The van der Waals surface area contributed by atoms with Gasteiger partial charge in [-0.3, -0.25) is 9.69 Å². The molecule has 0 saturated carbocycles. The number of halogens is 3. The number of carbonyl (C=O) groups is 1. The van der Waals surface area contributed by atoms with Crippen LogP contribution in [0, 0.1) is 12.0 Å². The smallest absolute Gasteiger partial charge is 0.405 e. The highest BCUT2D eigenvalue weighted by Crippen LogP contribution is 2.41. The monoisotopic (exact) mass is 640 g/mol. The molecule has 0 spiro atoms. The molecule has 0 aliphatic carbocycles. The minimum Gasteiger partial charge on any atom is -0.405 e. The Bertz CT molecular complexity index is 1520. The fourth-order valence-corrected chi connectivity index (χ4v) is 10.4. The molecule has 2 aliphatic heterocycles. The number of anilines is 3. The van der Waals surface area contributed by atoms with Crippen molar-refractivity contribution in [1.82, 2.24) is 15.3 Å². The van der Waals surface area contributed by atoms with Crippen molar-refractivity contribution >= 4 is 41.9 Å². The summed E-state index contributed by atoms with van der Waals surface area (Å²) in [5.41, 5.74) is 6.48. The third-order valence-corrected chi connectivity index (χ3v) is 12.9. The van der Waals surface area contributed by atoms with Gasteiger partial charge in [0.25, 0.3) is 8.32 Å². The molecule has 0 bridgehead atoms. The second kappa shape index (κ2) is 12.7. The number of nitrogens with two attached hydrogens (primary N) is 1. The molecule has 10 nitrogen and oxygen atoms in total. The van der Waals surface area contributed by atoms with Gasteiger partial charge < -0.3 is 30.2 Å². The van der Waals surface area contributed by atoms with Crippen molar-refractivity contribution in [3.8, 4) is 12.0 Å². The Morgan fingerprint density at radius 1 is 1.11 bits per heavy atom. The normalized spacial score (nSPS) is 20.0. The summed E-state index contributed by atoms with van der Waals surface area (Å²) in [5, 5.41) is 14.8. The van der Waals surface area contributed by atoms with Crippen LogP contribution in [0.1, 0.15) is 27.2 Å². The number of nitrogens with zero attached hydrogens (tertiary/aromatic N) is 4. The largest absolute Gasteiger partial charge is 0.471 e. The molecule has 45 heavy (non-hydrogen) atoms. The van der Waals surface area contributed by atoms with Crippen LogP contribution < -0.4 is 31.2 Å². The average molecular weight is 641 g/mol. The van der Waals surface area contributed by atoms with Crippen molar-refractivity contribution < 1.29 is 32.2 Å². The zero-order valence-electron chi connectivity index (χ0n) is 25.1. The van der Waals surface area contributed by atoms with Crippen LogP contribution in [-0.4, -0.2) is 73.7 Å². The standard InChI is InChI=1S/C31H35F3N6O4Si/c1-30(2,3)45(21-11-6-4-7-12-21,22-13-8-5-9-14-22)43-18-24-23(41)17-25(44-24)40-20-39(26-27(35)37-19-38-28(26)40)16-10-15-36-29(42)31(32,33)34/h4-9,11-14,19,23-25,41H,15,17-18,20H2,1-3H3,(H,36,42)(H2,35,37,38)/t23?,24-,25-/m1/s1. The number of alkyl halides is 3. The lowest BCUT2D eigenvalue weighted by Crippen LogP contribution is -2.67. The first-order valence-corrected chi connectivity index (χ1v) is 16.3. The lowest BCUT2D eigenvalue weighted by molar-refractivity contribution is -0.173. The van der Waals surface area contributed by atoms with Crippen molar-refractivity contribution in [1.29, 1.82) is 0 Å². The number of amides is 1. The molecular formula is C31H35F3N6O4Si. The number of hydrogen-bond donors (Lipinski definition) is 3. The van der Waals surface area contributed by atoms with E-state index in [4.69, 9.17) is 14.9 Å². The molecule has 1 amide bonds. The van der Waals surface area contributed by atoms with Crippen LogP contribution in [0.15, 0.2) is 67.0 Å². The SMILES string of the molecule is CC(C)(C)[Si](OC[C@H]1O[C@@H](N2CN(C#CCNC(=O)C(F)(F)F)c3c(N)ncnc32)CC1O)(c1ccccc1)c1ccccc1. The first-order valence-electron chi connectivity index (χ1n) is 14.4. The molecule has 5 rings (SSSR count). The zero-order chi connectivity index (χ0) is 32.4. The second-order valence-electron chi connectivity index (χ2n) is 11.8. The first-order chi connectivity index (χ1) is 21.3. The number of carbonyl (C=O) groups excluding carboxylic acids is 1. The number of nitrogen functional groups attached to an aromatic ring is 1. The molecule has 2 aromatic carbocycles. The first kappa shape index (κ1) is 32.2. The van der Waals surface area contributed by atoms with Gasteiger partial charge >= 0.3 is 12.1 Å². The summed E-state index contributed by atoms with van der Waals surface area (Å²) in [7, 11) is -2.88. The van der Waals surface area contributed by atoms with E-state index in [2.05, 4.69) is 67.0 Å². The van der Waals surface area contributed by atoms with Gasteiger partial charge in [0, 0.05) is 12.5 Å². The average Bonchev–Trinajstić information content (AvgIpc) is 3.56. The fourth-order valence-electron chi connectivity index (χ4n) is 5.85. The maximum Gasteiger partial charge on any atom is 0.471 e. The minimum absolute atomic E-state index is 0.0954. The predicted molar refractivity (Wildman–Crippen MR) is 166 cm³/mol. The van der Waals surface area contributed by atoms with Gasteiger partial charge in [0.15, 0.2) is 11.6 Å². The molecule has 1 saturated heterocycles. The molecule has 2 aliphatic rings. The Hall–Kier alpha value is -4.16. The molecule has 14 heteroatoms. The Kier molecular flexibility index (Phi) is 9.08. The van der Waals surface area contributed by atoms with Crippen molar-refractivity contribution in [2.75, 3.05) is 35.4 Å². The van der Waals surface area contributed by atoms with Gasteiger partial charge in [-0.2, -0.15) is 13.2 Å². The van der Waals surface area contributed by atoms with Crippen molar-refractivity contribution in [3.05, 3.63) is 67.0 Å². The molecular weight excluding hydrogens is 605 g/mol. The number of hydrogen-bond acceptors (Lipinski definition) is 9. The third kappa shape index (κ3) is 6.48. The van der Waals surface area contributed by atoms with Gasteiger partial charge in [0.1, 0.15) is 31.0 Å². The molecule has 0 radical (unpaired) electrons. The number of ether oxygens (including phenoxy) is 1. The Labute approximate surface area is 260 Å². The molecule has 1 unspecified atom stereocenters. The van der Waals surface area contributed by atoms with E-state index >= 15 is 0 Å². The topological polar surface area (TPSA) is 126 Å². The summed E-state index contributed by atoms with van der Waals surface area (Å²) in [6, 6.07) is 23.0. The summed E-state index contributed by atoms with van der Waals surface area (Å²) >= 11 is 0. The van der Waals surface area contributed by atoms with E-state index in [0.29, 0.717) is 11.5 Å². The number of rotatable bonds is 7. The lowest BCUT2D eigenvalue weighted by Gasteiger charge is -2.43. The Morgan fingerprint density at radius 3 is 2.31 bits per heavy atom. The fraction of sp³-hybridized carbons (Fsp3) is 0.387. The van der Waals surface area contributed by atoms with Crippen molar-refractivity contribution in [3.63, 3.8) is 0 Å². The molecule has 4 N–H and O–H groups in total. The maximum absolute atomic E-state index is 12.5. The van der Waals surface area contributed by atoms with Crippen LogP contribution in [0.4, 0.5) is 30.5 Å². The summed E-state index contributed by atoms with van der Waals surface area (Å²) in [4.78, 5) is 22.7. The number of nitrogens with one attached hydrogen (secondary N) is 1. The second-order valence-corrected chi connectivity index (χ2v) is 16.2. The van der Waals surface area contributed by atoms with Crippen LogP contribution in [0.5, 0.6) is 0 Å². The molecule has 238 valence electrons. The van der Waals surface area contributed by atoms with Crippen molar-refractivity contribution in [2.45, 2.75) is 56.8 Å². The van der Waals surface area contributed by atoms with E-state index in [1.54, 1.807) is 10.2 Å². The van der Waals surface area contributed by atoms with Crippen LogP contribution in [0.25, 0.3) is 0 Å². The highest BCUT2D eigenvalue weighted by Gasteiger charge is 2.51. The summed E-state index contributed by atoms with van der Waals surface area (Å²) < 4.78 is 50.9. The van der Waals surface area contributed by atoms with Gasteiger partial charge in [0.2, 0.25) is 0 Å². The zero-order valence-corrected chi connectivity index (χ0v) is 26.1. The van der Waals surface area contributed by atoms with Gasteiger partial charge in [-0.1, -0.05) is 87.4 Å². The summed E-state index contributed by atoms with van der Waals surface area (Å²) in [5.74, 6) is 0.946. The van der Waals surface area contributed by atoms with Crippen molar-refractivity contribution in [2.24, 2.45) is 0 Å².